The molecule has 0 unspecified atom stereocenters. The van der Waals surface area contributed by atoms with E-state index in [0.717, 1.165) is 19.5 Å². The topological polar surface area (TPSA) is 50.2 Å². The van der Waals surface area contributed by atoms with Gasteiger partial charge in [0.25, 0.3) is 5.56 Å². The smallest absolute Gasteiger partial charge is 0.287 e. The van der Waals surface area contributed by atoms with Crippen LogP contribution in [0.1, 0.15) is 6.42 Å². The van der Waals surface area contributed by atoms with Gasteiger partial charge in [-0.25, -0.2) is 4.68 Å². The normalized spacial score (nSPS) is 10.8. The van der Waals surface area contributed by atoms with Crippen LogP contribution in [-0.4, -0.2) is 41.9 Å². The summed E-state index contributed by atoms with van der Waals surface area (Å²) in [4.78, 5) is 13.6. The van der Waals surface area contributed by atoms with Gasteiger partial charge >= 0.3 is 0 Å². The molecule has 0 radical (unpaired) electrons. The zero-order chi connectivity index (χ0) is 12.1. The largest absolute Gasteiger partial charge is 0.382 e. The average Bonchev–Trinajstić information content (AvgIpc) is 2.23. The average molecular weight is 245 g/mol. The molecule has 1 N–H and O–H groups in total. The van der Waals surface area contributed by atoms with Crippen LogP contribution in [0.15, 0.2) is 11.0 Å². The Hall–Kier alpha value is -1.07. The molecular formula is C10H17ClN4O. The van der Waals surface area contributed by atoms with Gasteiger partial charge < -0.3 is 10.2 Å². The number of aromatic nitrogens is 2. The lowest BCUT2D eigenvalue weighted by Crippen LogP contribution is -2.22. The first kappa shape index (κ1) is 13.0. The highest BCUT2D eigenvalue weighted by atomic mass is 35.5. The second kappa shape index (κ2) is 5.86. The van der Waals surface area contributed by atoms with Crippen molar-refractivity contribution in [3.63, 3.8) is 0 Å². The molecule has 16 heavy (non-hydrogen) atoms. The molecule has 0 atom stereocenters. The van der Waals surface area contributed by atoms with E-state index >= 15 is 0 Å². The highest BCUT2D eigenvalue weighted by Crippen LogP contribution is 2.14. The summed E-state index contributed by atoms with van der Waals surface area (Å²) < 4.78 is 1.22. The zero-order valence-electron chi connectivity index (χ0n) is 9.83. The van der Waals surface area contributed by atoms with E-state index in [1.807, 2.05) is 14.1 Å². The van der Waals surface area contributed by atoms with Crippen molar-refractivity contribution < 1.29 is 0 Å². The lowest BCUT2D eigenvalue weighted by atomic mass is 10.3. The Morgan fingerprint density at radius 3 is 2.88 bits per heavy atom. The highest BCUT2D eigenvalue weighted by Gasteiger charge is 2.06. The highest BCUT2D eigenvalue weighted by molar-refractivity contribution is 6.32. The maximum Gasteiger partial charge on any atom is 0.287 e. The van der Waals surface area contributed by atoms with Crippen LogP contribution in [0.5, 0.6) is 0 Å². The van der Waals surface area contributed by atoms with E-state index in [2.05, 4.69) is 15.3 Å². The van der Waals surface area contributed by atoms with Crippen LogP contribution >= 0.6 is 11.6 Å². The fourth-order valence-corrected chi connectivity index (χ4v) is 1.49. The Morgan fingerprint density at radius 2 is 2.25 bits per heavy atom. The van der Waals surface area contributed by atoms with Crippen LogP contribution in [0.25, 0.3) is 0 Å². The molecule has 90 valence electrons. The van der Waals surface area contributed by atoms with E-state index in [1.165, 1.54) is 4.68 Å². The molecule has 1 heterocycles. The minimum Gasteiger partial charge on any atom is -0.382 e. The lowest BCUT2D eigenvalue weighted by molar-refractivity contribution is 0.405. The van der Waals surface area contributed by atoms with Gasteiger partial charge in [-0.3, -0.25) is 4.79 Å². The maximum absolute atomic E-state index is 11.5. The fourth-order valence-electron chi connectivity index (χ4n) is 1.25. The Labute approximate surface area is 100 Å². The van der Waals surface area contributed by atoms with E-state index in [-0.39, 0.29) is 10.6 Å². The summed E-state index contributed by atoms with van der Waals surface area (Å²) in [7, 11) is 5.61. The van der Waals surface area contributed by atoms with Crippen LogP contribution in [0.2, 0.25) is 5.02 Å². The number of rotatable bonds is 5. The van der Waals surface area contributed by atoms with Gasteiger partial charge in [-0.15, -0.1) is 0 Å². The molecule has 1 rings (SSSR count). The van der Waals surface area contributed by atoms with Crippen LogP contribution in [0.4, 0.5) is 5.69 Å². The van der Waals surface area contributed by atoms with Crippen LogP contribution < -0.4 is 10.9 Å². The van der Waals surface area contributed by atoms with Crippen molar-refractivity contribution in [3.05, 3.63) is 21.6 Å². The summed E-state index contributed by atoms with van der Waals surface area (Å²) in [6.45, 7) is 1.76. The first-order chi connectivity index (χ1) is 7.52. The van der Waals surface area contributed by atoms with Crippen LogP contribution in [0, 0.1) is 0 Å². The van der Waals surface area contributed by atoms with Gasteiger partial charge in [-0.1, -0.05) is 11.6 Å². The minimum absolute atomic E-state index is 0.197. The number of anilines is 1. The number of halogens is 1. The molecule has 0 bridgehead atoms. The lowest BCUT2D eigenvalue weighted by Gasteiger charge is -2.11. The predicted molar refractivity (Wildman–Crippen MR) is 66.1 cm³/mol. The third-order valence-electron chi connectivity index (χ3n) is 2.18. The Balaban J connectivity index is 2.55. The van der Waals surface area contributed by atoms with Crippen molar-refractivity contribution in [2.75, 3.05) is 32.5 Å². The molecule has 6 heteroatoms. The molecule has 0 aromatic carbocycles. The van der Waals surface area contributed by atoms with E-state index < -0.39 is 0 Å². The Bertz CT molecular complexity index is 402. The molecule has 0 fully saturated rings. The molecule has 5 nitrogen and oxygen atoms in total. The van der Waals surface area contributed by atoms with E-state index in [4.69, 9.17) is 11.6 Å². The van der Waals surface area contributed by atoms with Crippen LogP contribution in [0.3, 0.4) is 0 Å². The van der Waals surface area contributed by atoms with Gasteiger partial charge in [0.05, 0.1) is 11.9 Å². The molecule has 0 saturated heterocycles. The van der Waals surface area contributed by atoms with E-state index in [0.29, 0.717) is 5.69 Å². The second-order valence-corrected chi connectivity index (χ2v) is 4.26. The van der Waals surface area contributed by atoms with Gasteiger partial charge in [0.1, 0.15) is 5.02 Å². The summed E-state index contributed by atoms with van der Waals surface area (Å²) in [5.41, 5.74) is 0.322. The fraction of sp³-hybridized carbons (Fsp3) is 0.600. The van der Waals surface area contributed by atoms with Gasteiger partial charge in [0.15, 0.2) is 0 Å². The quantitative estimate of drug-likeness (QED) is 0.779. The minimum atomic E-state index is -0.278. The zero-order valence-corrected chi connectivity index (χ0v) is 10.6. The van der Waals surface area contributed by atoms with Crippen molar-refractivity contribution in [1.82, 2.24) is 14.7 Å². The predicted octanol–water partition coefficient (Wildman–Crippen LogP) is 0.797. The van der Waals surface area contributed by atoms with Gasteiger partial charge in [0.2, 0.25) is 0 Å². The van der Waals surface area contributed by atoms with Gasteiger partial charge in [-0.05, 0) is 27.1 Å². The van der Waals surface area contributed by atoms with E-state index in [1.54, 1.807) is 13.2 Å². The number of nitrogens with one attached hydrogen (secondary N) is 1. The summed E-state index contributed by atoms with van der Waals surface area (Å²) in [5, 5.41) is 7.20. The summed E-state index contributed by atoms with van der Waals surface area (Å²) >= 11 is 5.89. The third kappa shape index (κ3) is 3.50. The van der Waals surface area contributed by atoms with Gasteiger partial charge in [0, 0.05) is 13.6 Å². The maximum atomic E-state index is 11.5. The molecule has 0 saturated carbocycles. The van der Waals surface area contributed by atoms with Gasteiger partial charge in [-0.2, -0.15) is 5.10 Å². The summed E-state index contributed by atoms with van der Waals surface area (Å²) in [6, 6.07) is 0. The Kier molecular flexibility index (Phi) is 4.76. The molecule has 0 aliphatic heterocycles. The monoisotopic (exact) mass is 244 g/mol. The van der Waals surface area contributed by atoms with Crippen molar-refractivity contribution in [3.8, 4) is 0 Å². The second-order valence-electron chi connectivity index (χ2n) is 3.88. The SMILES string of the molecule is CN(C)CCCNc1cnn(C)c(=O)c1Cl. The number of hydrogen-bond donors (Lipinski definition) is 1. The van der Waals surface area contributed by atoms with E-state index in [9.17, 15) is 4.79 Å². The standard InChI is InChI=1S/C10H17ClN4O/c1-14(2)6-4-5-12-8-7-13-15(3)10(16)9(8)11/h7,12H,4-6H2,1-3H3. The number of aryl methyl sites for hydroxylation is 1. The van der Waals surface area contributed by atoms with Crippen LogP contribution in [-0.2, 0) is 7.05 Å². The van der Waals surface area contributed by atoms with Crippen molar-refractivity contribution in [1.29, 1.82) is 0 Å². The summed E-state index contributed by atoms with van der Waals surface area (Å²) in [6.07, 6.45) is 2.55. The third-order valence-corrected chi connectivity index (χ3v) is 2.54. The molecular weight excluding hydrogens is 228 g/mol. The Morgan fingerprint density at radius 1 is 1.56 bits per heavy atom. The molecule has 0 amide bonds. The first-order valence-corrected chi connectivity index (χ1v) is 5.50. The number of nitrogens with zero attached hydrogens (tertiary/aromatic N) is 3. The summed E-state index contributed by atoms with van der Waals surface area (Å²) in [5.74, 6) is 0. The molecule has 0 spiro atoms. The molecule has 1 aromatic rings. The van der Waals surface area contributed by atoms with Crippen molar-refractivity contribution in [2.45, 2.75) is 6.42 Å². The molecule has 0 aliphatic carbocycles. The molecule has 0 aliphatic rings. The molecule has 1 aromatic heterocycles. The van der Waals surface area contributed by atoms with Crippen molar-refractivity contribution in [2.24, 2.45) is 7.05 Å². The van der Waals surface area contributed by atoms with Crippen molar-refractivity contribution >= 4 is 17.3 Å². The first-order valence-electron chi connectivity index (χ1n) is 5.13. The number of hydrogen-bond acceptors (Lipinski definition) is 4.